The largest absolute Gasteiger partial charge is 0.455 e. The number of hydrogen-bond donors (Lipinski definition) is 0. The Kier molecular flexibility index (Phi) is 3.54. The van der Waals surface area contributed by atoms with Crippen LogP contribution in [0.5, 0.6) is 0 Å². The van der Waals surface area contributed by atoms with Gasteiger partial charge in [-0.25, -0.2) is 0 Å². The molecule has 1 heteroatoms. The average molecular weight is 640 g/mol. The maximum Gasteiger partial charge on any atom is 0.143 e. The third-order valence-corrected chi connectivity index (χ3v) is 8.74. The van der Waals surface area contributed by atoms with Crippen molar-refractivity contribution in [3.05, 3.63) is 182 Å². The van der Waals surface area contributed by atoms with Gasteiger partial charge in [-0.1, -0.05) is 151 Å². The molecule has 0 aliphatic rings. The molecule has 1 heterocycles. The summed E-state index contributed by atoms with van der Waals surface area (Å²) in [6.07, 6.45) is 0. The molecule has 9 aromatic carbocycles. The van der Waals surface area contributed by atoms with Crippen LogP contribution in [0.1, 0.15) is 23.3 Å². The highest BCUT2D eigenvalue weighted by molar-refractivity contribution is 6.27. The molecule has 228 valence electrons. The third-order valence-electron chi connectivity index (χ3n) is 8.74. The monoisotopic (exact) mass is 639 g/mol. The fourth-order valence-electron chi connectivity index (χ4n) is 6.67. The molecule has 0 fully saturated rings. The predicted octanol–water partition coefficient (Wildman–Crippen LogP) is 13.7. The summed E-state index contributed by atoms with van der Waals surface area (Å²) >= 11 is 0. The van der Waals surface area contributed by atoms with Crippen molar-refractivity contribution in [1.29, 1.82) is 0 Å². The van der Waals surface area contributed by atoms with Crippen LogP contribution in [0.25, 0.3) is 98.8 Å². The zero-order valence-corrected chi connectivity index (χ0v) is 25.4. The van der Waals surface area contributed by atoms with Crippen molar-refractivity contribution in [2.24, 2.45) is 0 Å². The van der Waals surface area contributed by atoms with Gasteiger partial charge in [-0.15, -0.1) is 0 Å². The second-order valence-electron chi connectivity index (χ2n) is 11.5. The van der Waals surface area contributed by atoms with Gasteiger partial charge in [0.25, 0.3) is 0 Å². The fourth-order valence-corrected chi connectivity index (χ4v) is 6.67. The molecule has 0 saturated carbocycles. The fraction of sp³-hybridized carbons (Fsp3) is 0. The maximum absolute atomic E-state index is 9.90. The van der Waals surface area contributed by atoms with Gasteiger partial charge in [0.15, 0.2) is 0 Å². The van der Waals surface area contributed by atoms with Crippen molar-refractivity contribution in [2.75, 3.05) is 0 Å². The van der Waals surface area contributed by atoms with E-state index in [2.05, 4.69) is 0 Å². The van der Waals surface area contributed by atoms with E-state index in [-0.39, 0.29) is 66.6 Å². The summed E-state index contributed by atoms with van der Waals surface area (Å²) in [6.45, 7) is 0. The second-order valence-corrected chi connectivity index (χ2v) is 11.5. The first-order valence-electron chi connectivity index (χ1n) is 24.0. The standard InChI is InChI=1S/C48H30O/c1-3-14-31(15-4-1)34-28-35(32-16-5-2-6-17-32)30-36(29-34)45-38-20-9-11-22-40(38)46(41-23-12-10-21-39(41)45)42-24-13-25-44-47(42)43-27-26-33-18-7-8-19-37(33)48(43)49-44/h1-30H/i1D,3D,4D,7D,8D,13D,14D,15D,18D,19D,24D,25D,26D,27D,28D,29D,30D. The van der Waals surface area contributed by atoms with Gasteiger partial charge >= 0.3 is 0 Å². The first kappa shape index (κ1) is 15.6. The van der Waals surface area contributed by atoms with Gasteiger partial charge in [0, 0.05) is 16.2 Å². The molecule has 0 aliphatic carbocycles. The molecule has 0 aliphatic heterocycles. The minimum Gasteiger partial charge on any atom is -0.455 e. The van der Waals surface area contributed by atoms with Crippen molar-refractivity contribution < 1.29 is 27.7 Å². The Labute approximate surface area is 308 Å². The smallest absolute Gasteiger partial charge is 0.143 e. The van der Waals surface area contributed by atoms with E-state index in [9.17, 15) is 6.85 Å². The molecular weight excluding hydrogens is 593 g/mol. The first-order valence-corrected chi connectivity index (χ1v) is 15.5. The predicted molar refractivity (Wildman–Crippen MR) is 208 cm³/mol. The lowest BCUT2D eigenvalue weighted by molar-refractivity contribution is 0.673. The minimum atomic E-state index is -0.665. The van der Waals surface area contributed by atoms with E-state index in [0.717, 1.165) is 0 Å². The number of hydrogen-bond acceptors (Lipinski definition) is 1. The van der Waals surface area contributed by atoms with Gasteiger partial charge in [-0.05, 0) is 102 Å². The van der Waals surface area contributed by atoms with Crippen LogP contribution in [-0.2, 0) is 0 Å². The van der Waals surface area contributed by atoms with Gasteiger partial charge in [-0.2, -0.15) is 0 Å². The Bertz CT molecular complexity index is 3760. The Morgan fingerprint density at radius 1 is 0.388 bits per heavy atom. The molecule has 49 heavy (non-hydrogen) atoms. The molecule has 0 atom stereocenters. The topological polar surface area (TPSA) is 13.1 Å². The van der Waals surface area contributed by atoms with Crippen LogP contribution >= 0.6 is 0 Å². The summed E-state index contributed by atoms with van der Waals surface area (Å²) in [7, 11) is 0. The number of fused-ring (bicyclic) bond motifs is 7. The average Bonchev–Trinajstić information content (AvgIpc) is 3.71. The highest BCUT2D eigenvalue weighted by Gasteiger charge is 2.21. The van der Waals surface area contributed by atoms with E-state index in [0.29, 0.717) is 38.2 Å². The molecule has 10 aromatic rings. The van der Waals surface area contributed by atoms with Crippen molar-refractivity contribution in [3.63, 3.8) is 0 Å². The van der Waals surface area contributed by atoms with Gasteiger partial charge < -0.3 is 4.42 Å². The Morgan fingerprint density at radius 3 is 1.73 bits per heavy atom. The Morgan fingerprint density at radius 2 is 1.00 bits per heavy atom. The molecule has 0 spiro atoms. The zero-order chi connectivity index (χ0) is 47.1. The zero-order valence-electron chi connectivity index (χ0n) is 42.4. The summed E-state index contributed by atoms with van der Waals surface area (Å²) in [5.41, 5.74) is -0.142. The molecule has 10 rings (SSSR count). The Hall–Kier alpha value is -6.44. The highest BCUT2D eigenvalue weighted by atomic mass is 16.3. The van der Waals surface area contributed by atoms with Crippen LogP contribution < -0.4 is 0 Å². The van der Waals surface area contributed by atoms with Crippen LogP contribution in [0.3, 0.4) is 0 Å². The summed E-state index contributed by atoms with van der Waals surface area (Å²) in [4.78, 5) is 0. The van der Waals surface area contributed by atoms with Gasteiger partial charge in [0.05, 0.1) is 23.3 Å². The van der Waals surface area contributed by atoms with Crippen molar-refractivity contribution in [3.8, 4) is 44.5 Å². The molecule has 0 bridgehead atoms. The molecule has 0 radical (unpaired) electrons. The van der Waals surface area contributed by atoms with E-state index in [4.69, 9.17) is 20.9 Å². The molecular formula is C48H30O. The van der Waals surface area contributed by atoms with E-state index in [1.54, 1.807) is 78.9 Å². The normalized spacial score (nSPS) is 16.5. The maximum atomic E-state index is 9.90. The highest BCUT2D eigenvalue weighted by Crippen LogP contribution is 2.48. The van der Waals surface area contributed by atoms with E-state index < -0.39 is 96.7 Å². The van der Waals surface area contributed by atoms with Crippen LogP contribution in [-0.4, -0.2) is 0 Å². The van der Waals surface area contributed by atoms with E-state index in [1.165, 1.54) is 0 Å². The first-order chi connectivity index (χ1) is 31.4. The van der Waals surface area contributed by atoms with E-state index in [1.807, 2.05) is 0 Å². The summed E-state index contributed by atoms with van der Waals surface area (Å²) in [6, 6.07) is 13.0. The van der Waals surface area contributed by atoms with E-state index >= 15 is 0 Å². The molecule has 1 aromatic heterocycles. The van der Waals surface area contributed by atoms with Crippen LogP contribution in [0.2, 0.25) is 0 Å². The Balaban J connectivity index is 1.42. The molecule has 1 nitrogen and oxygen atoms in total. The lowest BCUT2D eigenvalue weighted by atomic mass is 9.83. The van der Waals surface area contributed by atoms with Gasteiger partial charge in [0.1, 0.15) is 11.2 Å². The summed E-state index contributed by atoms with van der Waals surface area (Å²) < 4.78 is 159. The van der Waals surface area contributed by atoms with Crippen molar-refractivity contribution in [2.45, 2.75) is 0 Å². The minimum absolute atomic E-state index is 0.0115. The number of rotatable bonds is 4. The number of benzene rings is 9. The van der Waals surface area contributed by atoms with Crippen LogP contribution in [0.15, 0.2) is 186 Å². The van der Waals surface area contributed by atoms with Crippen LogP contribution in [0.4, 0.5) is 0 Å². The molecule has 0 saturated heterocycles. The lowest BCUT2D eigenvalue weighted by Gasteiger charge is -2.19. The SMILES string of the molecule is [2H]c1c([2H])c([2H])c(-c2c([2H])c(-c3ccccc3)c([2H])c(-c3c4ccccc4c(-c4c([2H])c([2H])c([2H])c5oc6c7c([2H])c([2H])c([2H])c([2H])c7c([2H])c([2H])c6c45)c4ccccc34)c2[2H])c([2H])c1[2H]. The molecule has 0 unspecified atom stereocenters. The van der Waals surface area contributed by atoms with Crippen molar-refractivity contribution >= 4 is 54.3 Å². The lowest BCUT2D eigenvalue weighted by Crippen LogP contribution is -1.92. The molecule has 0 amide bonds. The molecule has 0 N–H and O–H groups in total. The second kappa shape index (κ2) is 11.1. The quantitative estimate of drug-likeness (QED) is 0.175. The summed E-state index contributed by atoms with van der Waals surface area (Å²) in [5.74, 6) is 0. The number of furan rings is 1. The van der Waals surface area contributed by atoms with Crippen LogP contribution in [0, 0.1) is 0 Å². The van der Waals surface area contributed by atoms with Gasteiger partial charge in [0.2, 0.25) is 0 Å². The van der Waals surface area contributed by atoms with Crippen molar-refractivity contribution in [1.82, 2.24) is 0 Å². The third kappa shape index (κ3) is 4.40. The summed E-state index contributed by atoms with van der Waals surface area (Å²) in [5, 5.41) is 0.996. The van der Waals surface area contributed by atoms with Gasteiger partial charge in [-0.3, -0.25) is 0 Å².